The van der Waals surface area contributed by atoms with Crippen molar-refractivity contribution in [2.45, 2.75) is 13.0 Å². The monoisotopic (exact) mass is 337 g/mol. The Balaban J connectivity index is 1.52. The third kappa shape index (κ3) is 4.18. The standard InChI is InChI=1S/C20H23N3O2/c1-16-15-22(12-13-23(16)18-10-6-3-7-11-18)19(24)14-21-20(25)17-8-4-2-5-9-17/h2-11,16H,12-15H2,1H3,(H,21,25). The summed E-state index contributed by atoms with van der Waals surface area (Å²) in [6, 6.07) is 19.4. The highest BCUT2D eigenvalue weighted by molar-refractivity contribution is 5.96. The molecule has 25 heavy (non-hydrogen) atoms. The van der Waals surface area contributed by atoms with Gasteiger partial charge in [0.2, 0.25) is 5.91 Å². The fourth-order valence-electron chi connectivity index (χ4n) is 3.15. The van der Waals surface area contributed by atoms with Crippen LogP contribution in [0, 0.1) is 0 Å². The van der Waals surface area contributed by atoms with Gasteiger partial charge in [-0.25, -0.2) is 0 Å². The molecule has 3 rings (SSSR count). The van der Waals surface area contributed by atoms with Crippen molar-refractivity contribution in [1.29, 1.82) is 0 Å². The van der Waals surface area contributed by atoms with Crippen molar-refractivity contribution in [1.82, 2.24) is 10.2 Å². The zero-order valence-electron chi connectivity index (χ0n) is 14.4. The van der Waals surface area contributed by atoms with Crippen LogP contribution in [0.1, 0.15) is 17.3 Å². The molecule has 0 saturated carbocycles. The van der Waals surface area contributed by atoms with Gasteiger partial charge in [0.1, 0.15) is 0 Å². The Morgan fingerprint density at radius 1 is 1.00 bits per heavy atom. The molecule has 1 atom stereocenters. The van der Waals surface area contributed by atoms with Gasteiger partial charge in [-0.05, 0) is 31.2 Å². The van der Waals surface area contributed by atoms with Crippen LogP contribution in [0.3, 0.4) is 0 Å². The first kappa shape index (κ1) is 17.0. The van der Waals surface area contributed by atoms with Crippen LogP contribution in [0.5, 0.6) is 0 Å². The number of amides is 2. The molecule has 1 heterocycles. The molecule has 2 aromatic carbocycles. The Morgan fingerprint density at radius 2 is 1.64 bits per heavy atom. The van der Waals surface area contributed by atoms with Gasteiger partial charge in [-0.15, -0.1) is 0 Å². The molecule has 1 fully saturated rings. The van der Waals surface area contributed by atoms with Gasteiger partial charge in [0.05, 0.1) is 6.54 Å². The van der Waals surface area contributed by atoms with E-state index in [1.165, 1.54) is 5.69 Å². The third-order valence-corrected chi connectivity index (χ3v) is 4.50. The van der Waals surface area contributed by atoms with E-state index in [9.17, 15) is 9.59 Å². The van der Waals surface area contributed by atoms with Crippen LogP contribution in [0.4, 0.5) is 5.69 Å². The number of nitrogens with one attached hydrogen (secondary N) is 1. The summed E-state index contributed by atoms with van der Waals surface area (Å²) in [4.78, 5) is 28.6. The van der Waals surface area contributed by atoms with E-state index in [1.54, 1.807) is 24.3 Å². The minimum atomic E-state index is -0.218. The van der Waals surface area contributed by atoms with E-state index in [0.29, 0.717) is 18.7 Å². The van der Waals surface area contributed by atoms with E-state index < -0.39 is 0 Å². The van der Waals surface area contributed by atoms with Crippen molar-refractivity contribution in [3.8, 4) is 0 Å². The maximum atomic E-state index is 12.4. The van der Waals surface area contributed by atoms with Crippen LogP contribution < -0.4 is 10.2 Å². The van der Waals surface area contributed by atoms with Crippen LogP contribution in [0.2, 0.25) is 0 Å². The van der Waals surface area contributed by atoms with Gasteiger partial charge >= 0.3 is 0 Å². The number of para-hydroxylation sites is 1. The lowest BCUT2D eigenvalue weighted by molar-refractivity contribution is -0.130. The van der Waals surface area contributed by atoms with Crippen molar-refractivity contribution in [2.24, 2.45) is 0 Å². The van der Waals surface area contributed by atoms with Gasteiger partial charge in [0.25, 0.3) is 5.91 Å². The number of nitrogens with zero attached hydrogens (tertiary/aromatic N) is 2. The van der Waals surface area contributed by atoms with E-state index >= 15 is 0 Å². The van der Waals surface area contributed by atoms with Crippen molar-refractivity contribution in [3.63, 3.8) is 0 Å². The molecule has 0 spiro atoms. The highest BCUT2D eigenvalue weighted by Crippen LogP contribution is 2.20. The van der Waals surface area contributed by atoms with E-state index in [0.717, 1.165) is 6.54 Å². The Hall–Kier alpha value is -2.82. The molecule has 5 nitrogen and oxygen atoms in total. The molecule has 0 bridgehead atoms. The minimum Gasteiger partial charge on any atom is -0.365 e. The number of carbonyl (C=O) groups excluding carboxylic acids is 2. The molecule has 1 aliphatic heterocycles. The quantitative estimate of drug-likeness (QED) is 0.930. The summed E-state index contributed by atoms with van der Waals surface area (Å²) in [5.41, 5.74) is 1.75. The van der Waals surface area contributed by atoms with Crippen LogP contribution >= 0.6 is 0 Å². The van der Waals surface area contributed by atoms with Crippen molar-refractivity contribution >= 4 is 17.5 Å². The Labute approximate surface area is 148 Å². The molecular weight excluding hydrogens is 314 g/mol. The molecule has 2 aromatic rings. The molecule has 1 N–H and O–H groups in total. The Kier molecular flexibility index (Phi) is 5.33. The maximum Gasteiger partial charge on any atom is 0.251 e. The average molecular weight is 337 g/mol. The lowest BCUT2D eigenvalue weighted by atomic mass is 10.1. The first-order chi connectivity index (χ1) is 12.1. The minimum absolute atomic E-state index is 0.0335. The first-order valence-electron chi connectivity index (χ1n) is 8.58. The lowest BCUT2D eigenvalue weighted by Crippen LogP contribution is -2.55. The van der Waals surface area contributed by atoms with Gasteiger partial charge < -0.3 is 15.1 Å². The zero-order chi connectivity index (χ0) is 17.6. The van der Waals surface area contributed by atoms with Gasteiger partial charge in [-0.2, -0.15) is 0 Å². The van der Waals surface area contributed by atoms with Gasteiger partial charge in [-0.3, -0.25) is 9.59 Å². The summed E-state index contributed by atoms with van der Waals surface area (Å²) in [5, 5.41) is 2.71. The fourth-order valence-corrected chi connectivity index (χ4v) is 3.15. The first-order valence-corrected chi connectivity index (χ1v) is 8.58. The normalized spacial score (nSPS) is 17.2. The summed E-state index contributed by atoms with van der Waals surface area (Å²) in [7, 11) is 0. The highest BCUT2D eigenvalue weighted by atomic mass is 16.2. The molecule has 130 valence electrons. The zero-order valence-corrected chi connectivity index (χ0v) is 14.4. The molecule has 0 radical (unpaired) electrons. The van der Waals surface area contributed by atoms with E-state index in [1.807, 2.05) is 29.2 Å². The molecule has 1 aliphatic rings. The number of carbonyl (C=O) groups is 2. The summed E-state index contributed by atoms with van der Waals surface area (Å²) in [6.45, 7) is 4.28. The topological polar surface area (TPSA) is 52.7 Å². The number of rotatable bonds is 4. The maximum absolute atomic E-state index is 12.4. The number of benzene rings is 2. The van der Waals surface area contributed by atoms with Crippen molar-refractivity contribution < 1.29 is 9.59 Å². The second kappa shape index (κ2) is 7.83. The predicted molar refractivity (Wildman–Crippen MR) is 98.6 cm³/mol. The van der Waals surface area contributed by atoms with Crippen LogP contribution in [0.15, 0.2) is 60.7 Å². The Morgan fingerprint density at radius 3 is 2.28 bits per heavy atom. The van der Waals surface area contributed by atoms with E-state index in [4.69, 9.17) is 0 Å². The second-order valence-corrected chi connectivity index (χ2v) is 6.27. The van der Waals surface area contributed by atoms with Crippen LogP contribution in [-0.4, -0.2) is 48.9 Å². The Bertz CT molecular complexity index is 718. The summed E-state index contributed by atoms with van der Waals surface area (Å²) in [5.74, 6) is -0.256. The number of anilines is 1. The third-order valence-electron chi connectivity index (χ3n) is 4.50. The molecule has 2 amide bonds. The summed E-state index contributed by atoms with van der Waals surface area (Å²) >= 11 is 0. The van der Waals surface area contributed by atoms with Crippen molar-refractivity contribution in [2.75, 3.05) is 31.1 Å². The van der Waals surface area contributed by atoms with Gasteiger partial charge in [0, 0.05) is 36.9 Å². The highest BCUT2D eigenvalue weighted by Gasteiger charge is 2.26. The number of hydrogen-bond acceptors (Lipinski definition) is 3. The molecule has 5 heteroatoms. The molecule has 1 unspecified atom stereocenters. The van der Waals surface area contributed by atoms with Crippen molar-refractivity contribution in [3.05, 3.63) is 66.2 Å². The largest absolute Gasteiger partial charge is 0.365 e. The van der Waals surface area contributed by atoms with Gasteiger partial charge in [-0.1, -0.05) is 36.4 Å². The second-order valence-electron chi connectivity index (χ2n) is 6.27. The number of hydrogen-bond donors (Lipinski definition) is 1. The van der Waals surface area contributed by atoms with E-state index in [2.05, 4.69) is 29.3 Å². The molecule has 1 saturated heterocycles. The summed E-state index contributed by atoms with van der Waals surface area (Å²) < 4.78 is 0. The van der Waals surface area contributed by atoms with Crippen LogP contribution in [-0.2, 0) is 4.79 Å². The SMILES string of the molecule is CC1CN(C(=O)CNC(=O)c2ccccc2)CCN1c1ccccc1. The molecule has 0 aromatic heterocycles. The fraction of sp³-hybridized carbons (Fsp3) is 0.300. The predicted octanol–water partition coefficient (Wildman–Crippen LogP) is 2.15. The summed E-state index contributed by atoms with van der Waals surface area (Å²) in [6.07, 6.45) is 0. The molecular formula is C20H23N3O2. The van der Waals surface area contributed by atoms with Gasteiger partial charge in [0.15, 0.2) is 0 Å². The average Bonchev–Trinajstić information content (AvgIpc) is 2.67. The molecule has 0 aliphatic carbocycles. The van der Waals surface area contributed by atoms with Crippen LogP contribution in [0.25, 0.3) is 0 Å². The number of piperazine rings is 1. The lowest BCUT2D eigenvalue weighted by Gasteiger charge is -2.41. The van der Waals surface area contributed by atoms with E-state index in [-0.39, 0.29) is 24.4 Å². The smallest absolute Gasteiger partial charge is 0.251 e.